The maximum Gasteiger partial charge on any atom is 0.339 e. The summed E-state index contributed by atoms with van der Waals surface area (Å²) in [5.41, 5.74) is 1.11. The fourth-order valence-electron chi connectivity index (χ4n) is 1.16. The fourth-order valence-corrected chi connectivity index (χ4v) is 1.84. The highest BCUT2D eigenvalue weighted by molar-refractivity contribution is 6.36. The largest absolute Gasteiger partial charge is 0.462 e. The third-order valence-electron chi connectivity index (χ3n) is 1.73. The van der Waals surface area contributed by atoms with Gasteiger partial charge in [0.2, 0.25) is 0 Å². The molecule has 0 aromatic heterocycles. The Kier molecular flexibility index (Phi) is 3.78. The van der Waals surface area contributed by atoms with Crippen molar-refractivity contribution < 1.29 is 9.53 Å². The quantitative estimate of drug-likeness (QED) is 0.731. The number of benzene rings is 1. The second-order valence-corrected chi connectivity index (χ2v) is 3.64. The van der Waals surface area contributed by atoms with Crippen LogP contribution in [0.1, 0.15) is 22.8 Å². The highest BCUT2D eigenvalue weighted by atomic mass is 35.5. The summed E-state index contributed by atoms with van der Waals surface area (Å²) in [7, 11) is 0. The van der Waals surface area contributed by atoms with Gasteiger partial charge in [-0.3, -0.25) is 0 Å². The summed E-state index contributed by atoms with van der Waals surface area (Å²) in [6.07, 6.45) is 0. The molecule has 0 aliphatic rings. The molecule has 0 fully saturated rings. The van der Waals surface area contributed by atoms with E-state index in [1.54, 1.807) is 19.9 Å². The van der Waals surface area contributed by atoms with E-state index in [9.17, 15) is 4.79 Å². The van der Waals surface area contributed by atoms with Gasteiger partial charge in [0.25, 0.3) is 0 Å². The van der Waals surface area contributed by atoms with Crippen molar-refractivity contribution in [3.8, 4) is 0 Å². The molecular formula is C10H10Cl2O2. The predicted octanol–water partition coefficient (Wildman–Crippen LogP) is 3.48. The number of carbonyl (C=O) groups is 1. The van der Waals surface area contributed by atoms with E-state index < -0.39 is 5.97 Å². The van der Waals surface area contributed by atoms with E-state index in [4.69, 9.17) is 27.9 Å². The Hall–Kier alpha value is -0.730. The van der Waals surface area contributed by atoms with Gasteiger partial charge in [-0.1, -0.05) is 23.2 Å². The highest BCUT2D eigenvalue weighted by Gasteiger charge is 2.14. The van der Waals surface area contributed by atoms with E-state index in [0.29, 0.717) is 22.2 Å². The summed E-state index contributed by atoms with van der Waals surface area (Å²) in [4.78, 5) is 11.4. The van der Waals surface area contributed by atoms with Crippen LogP contribution in [-0.4, -0.2) is 12.6 Å². The smallest absolute Gasteiger partial charge is 0.339 e. The van der Waals surface area contributed by atoms with Gasteiger partial charge in [0, 0.05) is 5.02 Å². The minimum absolute atomic E-state index is 0.327. The number of aryl methyl sites for hydroxylation is 1. The zero-order valence-electron chi connectivity index (χ0n) is 7.93. The summed E-state index contributed by atoms with van der Waals surface area (Å²) < 4.78 is 4.86. The molecule has 4 heteroatoms. The Labute approximate surface area is 92.8 Å². The average Bonchev–Trinajstić information content (AvgIpc) is 2.01. The Morgan fingerprint density at radius 1 is 1.43 bits per heavy atom. The van der Waals surface area contributed by atoms with Gasteiger partial charge in [-0.2, -0.15) is 0 Å². The van der Waals surface area contributed by atoms with Gasteiger partial charge in [-0.15, -0.1) is 0 Å². The van der Waals surface area contributed by atoms with Crippen molar-refractivity contribution in [3.63, 3.8) is 0 Å². The lowest BCUT2D eigenvalue weighted by Gasteiger charge is -2.07. The van der Waals surface area contributed by atoms with Crippen molar-refractivity contribution in [2.45, 2.75) is 13.8 Å². The predicted molar refractivity (Wildman–Crippen MR) is 57.2 cm³/mol. The van der Waals surface area contributed by atoms with Gasteiger partial charge in [-0.05, 0) is 31.5 Å². The standard InChI is InChI=1S/C10H10Cl2O2/c1-3-14-10(13)9-6(2)4-7(11)5-8(9)12/h4-5H,3H2,1-2H3. The molecule has 0 amide bonds. The van der Waals surface area contributed by atoms with Gasteiger partial charge in [0.1, 0.15) is 0 Å². The SMILES string of the molecule is CCOC(=O)c1c(C)cc(Cl)cc1Cl. The van der Waals surface area contributed by atoms with E-state index in [-0.39, 0.29) is 0 Å². The second kappa shape index (κ2) is 4.67. The maximum absolute atomic E-state index is 11.4. The topological polar surface area (TPSA) is 26.3 Å². The average molecular weight is 233 g/mol. The Morgan fingerprint density at radius 2 is 2.07 bits per heavy atom. The van der Waals surface area contributed by atoms with E-state index in [2.05, 4.69) is 0 Å². The fraction of sp³-hybridized carbons (Fsp3) is 0.300. The minimum Gasteiger partial charge on any atom is -0.462 e. The molecular weight excluding hydrogens is 223 g/mol. The normalized spacial score (nSPS) is 10.0. The lowest BCUT2D eigenvalue weighted by atomic mass is 10.1. The van der Waals surface area contributed by atoms with E-state index in [1.807, 2.05) is 0 Å². The van der Waals surface area contributed by atoms with Gasteiger partial charge in [-0.25, -0.2) is 4.79 Å². The summed E-state index contributed by atoms with van der Waals surface area (Å²) in [5, 5.41) is 0.842. The van der Waals surface area contributed by atoms with Crippen molar-refractivity contribution in [2.24, 2.45) is 0 Å². The number of ether oxygens (including phenoxy) is 1. The molecule has 76 valence electrons. The molecule has 0 bridgehead atoms. The molecule has 1 rings (SSSR count). The summed E-state index contributed by atoms with van der Waals surface area (Å²) in [6.45, 7) is 3.85. The number of hydrogen-bond acceptors (Lipinski definition) is 2. The third kappa shape index (κ3) is 2.40. The lowest BCUT2D eigenvalue weighted by Crippen LogP contribution is -2.07. The summed E-state index contributed by atoms with van der Waals surface area (Å²) in [5.74, 6) is -0.410. The number of esters is 1. The molecule has 0 unspecified atom stereocenters. The Morgan fingerprint density at radius 3 is 2.57 bits per heavy atom. The molecule has 0 spiro atoms. The molecule has 2 nitrogen and oxygen atoms in total. The molecule has 0 aliphatic heterocycles. The molecule has 1 aromatic carbocycles. The van der Waals surface area contributed by atoms with Crippen molar-refractivity contribution in [1.29, 1.82) is 0 Å². The Balaban J connectivity index is 3.14. The molecule has 0 heterocycles. The van der Waals surface area contributed by atoms with Crippen LogP contribution in [0.5, 0.6) is 0 Å². The van der Waals surface area contributed by atoms with E-state index in [0.717, 1.165) is 5.56 Å². The lowest BCUT2D eigenvalue weighted by molar-refractivity contribution is 0.0526. The molecule has 0 N–H and O–H groups in total. The van der Waals surface area contributed by atoms with Crippen LogP contribution in [0.15, 0.2) is 12.1 Å². The Bertz CT molecular complexity index is 338. The molecule has 0 atom stereocenters. The van der Waals surface area contributed by atoms with Gasteiger partial charge in [0.05, 0.1) is 17.2 Å². The van der Waals surface area contributed by atoms with Crippen molar-refractivity contribution >= 4 is 29.2 Å². The zero-order valence-corrected chi connectivity index (χ0v) is 9.45. The summed E-state index contributed by atoms with van der Waals surface area (Å²) >= 11 is 11.6. The van der Waals surface area contributed by atoms with Crippen molar-refractivity contribution in [1.82, 2.24) is 0 Å². The second-order valence-electron chi connectivity index (χ2n) is 2.80. The van der Waals surface area contributed by atoms with Crippen molar-refractivity contribution in [3.05, 3.63) is 33.3 Å². The molecule has 1 aromatic rings. The monoisotopic (exact) mass is 232 g/mol. The molecule has 0 radical (unpaired) electrons. The molecule has 0 aliphatic carbocycles. The molecule has 0 saturated heterocycles. The first kappa shape index (κ1) is 11.3. The number of carbonyl (C=O) groups excluding carboxylic acids is 1. The van der Waals surface area contributed by atoms with Gasteiger partial charge in [0.15, 0.2) is 0 Å². The molecule has 0 saturated carbocycles. The molecule has 14 heavy (non-hydrogen) atoms. The minimum atomic E-state index is -0.410. The van der Waals surface area contributed by atoms with Crippen LogP contribution in [0.2, 0.25) is 10.0 Å². The zero-order chi connectivity index (χ0) is 10.7. The van der Waals surface area contributed by atoms with Crippen LogP contribution in [0.3, 0.4) is 0 Å². The van der Waals surface area contributed by atoms with Gasteiger partial charge >= 0.3 is 5.97 Å². The van der Waals surface area contributed by atoms with Gasteiger partial charge < -0.3 is 4.74 Å². The number of rotatable bonds is 2. The maximum atomic E-state index is 11.4. The van der Waals surface area contributed by atoms with Crippen LogP contribution in [0.4, 0.5) is 0 Å². The van der Waals surface area contributed by atoms with Crippen molar-refractivity contribution in [2.75, 3.05) is 6.61 Å². The number of halogens is 2. The number of hydrogen-bond donors (Lipinski definition) is 0. The first-order valence-corrected chi connectivity index (χ1v) is 4.94. The van der Waals surface area contributed by atoms with Crippen LogP contribution in [0, 0.1) is 6.92 Å². The van der Waals surface area contributed by atoms with Crippen LogP contribution < -0.4 is 0 Å². The first-order valence-electron chi connectivity index (χ1n) is 4.19. The first-order chi connectivity index (χ1) is 6.56. The van der Waals surface area contributed by atoms with E-state index in [1.165, 1.54) is 6.07 Å². The van der Waals surface area contributed by atoms with E-state index >= 15 is 0 Å². The van der Waals surface area contributed by atoms with Crippen LogP contribution in [0.25, 0.3) is 0 Å². The highest BCUT2D eigenvalue weighted by Crippen LogP contribution is 2.25. The third-order valence-corrected chi connectivity index (χ3v) is 2.25. The van der Waals surface area contributed by atoms with Crippen LogP contribution >= 0.6 is 23.2 Å². The van der Waals surface area contributed by atoms with Crippen LogP contribution in [-0.2, 0) is 4.74 Å². The summed E-state index contributed by atoms with van der Waals surface area (Å²) in [6, 6.07) is 3.21.